The molecule has 7 aromatic carbocycles. The molecule has 0 aliphatic carbocycles. The van der Waals surface area contributed by atoms with E-state index < -0.39 is 25.1 Å². The van der Waals surface area contributed by atoms with Crippen molar-refractivity contribution in [2.45, 2.75) is 26.5 Å². The molecule has 20 nitrogen and oxygen atoms in total. The molecule has 28 heteroatoms. The zero-order chi connectivity index (χ0) is 44.9. The van der Waals surface area contributed by atoms with E-state index in [0.717, 1.165) is 61.5 Å². The Hall–Kier alpha value is -4.13. The van der Waals surface area contributed by atoms with Gasteiger partial charge in [-0.15, -0.1) is 18.5 Å². The summed E-state index contributed by atoms with van der Waals surface area (Å²) in [6.45, 7) is 1.88. The number of azo groups is 1. The second-order valence-corrected chi connectivity index (χ2v) is 18.8. The van der Waals surface area contributed by atoms with E-state index in [1.807, 2.05) is 68.1 Å². The van der Waals surface area contributed by atoms with E-state index in [1.165, 1.54) is 30.3 Å². The summed E-state index contributed by atoms with van der Waals surface area (Å²) in [5.41, 5.74) is 6.92. The van der Waals surface area contributed by atoms with E-state index in [-0.39, 0.29) is 85.9 Å². The fraction of sp³-hybridized carbons (Fsp3) is 0.0244. The molecule has 0 aliphatic rings. The normalized spacial score (nSPS) is 12.4. The third-order valence-corrected chi connectivity index (χ3v) is 14.0. The molecule has 0 fully saturated rings. The van der Waals surface area contributed by atoms with Crippen molar-refractivity contribution in [1.29, 1.82) is 0 Å². The number of aryl methyl sites for hydroxylation is 1. The number of hydrogen-bond acceptors (Lipinski definition) is 16. The molecule has 0 aliphatic heterocycles. The molecule has 0 spiro atoms. The van der Waals surface area contributed by atoms with E-state index in [4.69, 9.17) is 0 Å². The second kappa shape index (κ2) is 20.2. The molecule has 0 amide bonds. The van der Waals surface area contributed by atoms with Gasteiger partial charge in [-0.3, -0.25) is 10.1 Å². The van der Waals surface area contributed by atoms with E-state index >= 15 is 0 Å². The van der Waals surface area contributed by atoms with Crippen LogP contribution in [0.1, 0.15) is 16.7 Å². The van der Waals surface area contributed by atoms with Gasteiger partial charge in [0.2, 0.25) is 0 Å². The van der Waals surface area contributed by atoms with Crippen molar-refractivity contribution < 1.29 is 131 Å². The molecule has 69 heavy (non-hydrogen) atoms. The van der Waals surface area contributed by atoms with Crippen molar-refractivity contribution >= 4 is 111 Å². The first-order valence-corrected chi connectivity index (χ1v) is 23.2. The van der Waals surface area contributed by atoms with Crippen molar-refractivity contribution in [3.63, 3.8) is 0 Å². The Morgan fingerprint density at radius 2 is 1.19 bits per heavy atom. The van der Waals surface area contributed by atoms with Crippen molar-refractivity contribution in [2.24, 2.45) is 10.2 Å². The fourth-order valence-electron chi connectivity index (χ4n) is 8.01. The van der Waals surface area contributed by atoms with Gasteiger partial charge in [0.25, 0.3) is 0 Å². The SMILES string of the molecule is Cc1cc(-n2n3c4ccc5cc(S(=O)(=O)[O-])ccc5c4n23)ccc1N=Nc1ccc(C=Cc2ccc(-n3n4c5cc(SOO[O-])c6ccccc6c5n34)cc2S(=O)(=O)[O-])c(SOO[O-])c1.[Li+].[Li+].[Li+].[Li+]. The molecule has 0 radical (unpaired) electrons. The van der Waals surface area contributed by atoms with Crippen LogP contribution < -0.4 is 86.0 Å². The molecule has 0 saturated heterocycles. The van der Waals surface area contributed by atoms with Gasteiger partial charge >= 0.3 is 75.4 Å². The molecule has 11 aromatic rings. The van der Waals surface area contributed by atoms with Gasteiger partial charge in [-0.1, -0.05) is 60.7 Å². The van der Waals surface area contributed by atoms with Crippen LogP contribution in [0.15, 0.2) is 145 Å². The van der Waals surface area contributed by atoms with E-state index in [0.29, 0.717) is 49.8 Å². The Kier molecular flexibility index (Phi) is 15.4. The average Bonchev–Trinajstić information content (AvgIpc) is 4.15. The summed E-state index contributed by atoms with van der Waals surface area (Å²) in [6.07, 6.45) is 3.00. The predicted molar refractivity (Wildman–Crippen MR) is 229 cm³/mol. The minimum Gasteiger partial charge on any atom is -0.744 e. The van der Waals surface area contributed by atoms with Crippen LogP contribution in [-0.4, -0.2) is 54.1 Å². The minimum absolute atomic E-state index is 0. The molecule has 0 N–H and O–H groups in total. The third kappa shape index (κ3) is 9.33. The van der Waals surface area contributed by atoms with Gasteiger partial charge in [-0.2, -0.15) is 28.5 Å². The average molecular weight is 977 g/mol. The summed E-state index contributed by atoms with van der Waals surface area (Å²) in [5, 5.41) is 40.4. The molecule has 0 bridgehead atoms. The van der Waals surface area contributed by atoms with E-state index in [2.05, 4.69) is 29.0 Å². The summed E-state index contributed by atoms with van der Waals surface area (Å²) in [6, 6.07) is 32.1. The maximum atomic E-state index is 12.6. The van der Waals surface area contributed by atoms with Gasteiger partial charge < -0.3 is 19.6 Å². The van der Waals surface area contributed by atoms with Crippen molar-refractivity contribution in [2.75, 3.05) is 0 Å². The van der Waals surface area contributed by atoms with Gasteiger partial charge in [0, 0.05) is 25.9 Å². The maximum absolute atomic E-state index is 12.6. The van der Waals surface area contributed by atoms with Gasteiger partial charge in [0.15, 0.2) is 0 Å². The minimum atomic E-state index is -4.98. The molecule has 4 aromatic heterocycles. The van der Waals surface area contributed by atoms with E-state index in [9.17, 15) is 36.5 Å². The monoisotopic (exact) mass is 976 g/mol. The largest absolute Gasteiger partial charge is 1.00 e. The number of aromatic nitrogens is 6. The molecule has 328 valence electrons. The fourth-order valence-corrected chi connectivity index (χ4v) is 10.2. The number of rotatable bonds is 14. The zero-order valence-corrected chi connectivity index (χ0v) is 40.0. The molecule has 11 rings (SSSR count). The van der Waals surface area contributed by atoms with Crippen LogP contribution in [0.5, 0.6) is 0 Å². The third-order valence-electron chi connectivity index (χ3n) is 11.0. The number of hydrogen-bond donors (Lipinski definition) is 0. The number of fused-ring (bicyclic) bond motifs is 12. The first-order chi connectivity index (χ1) is 31.3. The van der Waals surface area contributed by atoms with Crippen LogP contribution in [0.3, 0.4) is 0 Å². The quantitative estimate of drug-likeness (QED) is 0.0188. The second-order valence-electron chi connectivity index (χ2n) is 14.6. The van der Waals surface area contributed by atoms with Crippen LogP contribution in [0.25, 0.3) is 67.1 Å². The van der Waals surface area contributed by atoms with Crippen LogP contribution in [0.4, 0.5) is 11.4 Å². The van der Waals surface area contributed by atoms with Crippen LogP contribution in [-0.2, 0) is 39.0 Å². The number of nitrogens with zero attached hydrogens (tertiary/aromatic N) is 8. The molecular formula is C41H24Li4N8O12S4. The molecule has 0 unspecified atom stereocenters. The topological polar surface area (TPSA) is 250 Å². The van der Waals surface area contributed by atoms with E-state index in [1.54, 1.807) is 64.0 Å². The first-order valence-electron chi connectivity index (χ1n) is 18.9. The van der Waals surface area contributed by atoms with Crippen molar-refractivity contribution in [3.05, 3.63) is 132 Å². The van der Waals surface area contributed by atoms with Gasteiger partial charge in [0.05, 0.1) is 56.6 Å². The standard InChI is InChI=1S/C41H28N8O12S4.4Li/c1-23-18-28(44-46-35-17-10-26-19-30(64(52,53)54)14-15-31(26)40(35)48(44)46)13-16-34(23)43-42-27-11-8-24(37(20-27)62-60-58-50)6-7-25-9-12-29(21-39(25)65(55,56)57)45-47-36-22-38(63-61-59-51)32-4-2-3-5-33(32)41(36)49(45)47;;;;/h2-22,50-51H,1H3,(H,52,53,54)(H,55,56,57);;;;/q;4*+1/p-4. The molecule has 4 heterocycles. The molecular weight excluding hydrogens is 953 g/mol. The van der Waals surface area contributed by atoms with Crippen LogP contribution in [0.2, 0.25) is 0 Å². The van der Waals surface area contributed by atoms with Gasteiger partial charge in [-0.25, -0.2) is 16.8 Å². The first kappa shape index (κ1) is 52.7. The Morgan fingerprint density at radius 3 is 1.87 bits per heavy atom. The Morgan fingerprint density at radius 1 is 0.565 bits per heavy atom. The predicted octanol–water partition coefficient (Wildman–Crippen LogP) is -5.36. The molecule has 0 atom stereocenters. The number of benzene rings is 7. The van der Waals surface area contributed by atoms with Crippen LogP contribution in [0, 0.1) is 6.92 Å². The summed E-state index contributed by atoms with van der Waals surface area (Å²) in [5.74, 6) is 0. The summed E-state index contributed by atoms with van der Waals surface area (Å²) in [7, 11) is -9.57. The smallest absolute Gasteiger partial charge is 0.744 e. The summed E-state index contributed by atoms with van der Waals surface area (Å²) < 4.78 is 89.2. The summed E-state index contributed by atoms with van der Waals surface area (Å²) in [4.78, 5) is 3.84. The zero-order valence-electron chi connectivity index (χ0n) is 36.7. The Bertz CT molecular complexity index is 3990. The Labute approximate surface area is 446 Å². The maximum Gasteiger partial charge on any atom is 1.00 e. The van der Waals surface area contributed by atoms with Crippen LogP contribution >= 0.6 is 24.1 Å². The van der Waals surface area contributed by atoms with Crippen molar-refractivity contribution in [3.8, 4) is 11.4 Å². The summed E-state index contributed by atoms with van der Waals surface area (Å²) >= 11 is 1.36. The van der Waals surface area contributed by atoms with Crippen molar-refractivity contribution in [1.82, 2.24) is 28.1 Å². The molecule has 0 saturated carbocycles. The van der Waals surface area contributed by atoms with Gasteiger partial charge in [0.1, 0.15) is 42.3 Å². The van der Waals surface area contributed by atoms with Gasteiger partial charge in [-0.05, 0) is 95.7 Å². The Balaban J connectivity index is 0.00000176.